The predicted octanol–water partition coefficient (Wildman–Crippen LogP) is 2.30. The summed E-state index contributed by atoms with van der Waals surface area (Å²) in [5.74, 6) is 0. The van der Waals surface area contributed by atoms with E-state index in [9.17, 15) is 0 Å². The number of rotatable bonds is 4. The van der Waals surface area contributed by atoms with Gasteiger partial charge in [0.25, 0.3) is 0 Å². The molecule has 18 heavy (non-hydrogen) atoms. The van der Waals surface area contributed by atoms with E-state index in [1.807, 2.05) is 25.6 Å². The smallest absolute Gasteiger partial charge is 0.0900 e. The van der Waals surface area contributed by atoms with Crippen LogP contribution >= 0.6 is 11.3 Å². The van der Waals surface area contributed by atoms with Gasteiger partial charge in [-0.05, 0) is 26.3 Å². The van der Waals surface area contributed by atoms with Crippen LogP contribution < -0.4 is 5.73 Å². The van der Waals surface area contributed by atoms with Gasteiger partial charge in [-0.3, -0.25) is 4.68 Å². The van der Waals surface area contributed by atoms with Crippen LogP contribution in [0.25, 0.3) is 0 Å². The molecule has 0 amide bonds. The molecule has 0 aromatic carbocycles. The number of hydrogen-bond donors (Lipinski definition) is 1. The monoisotopic (exact) mass is 264 g/mol. The molecule has 5 heteroatoms. The minimum Gasteiger partial charge on any atom is -0.323 e. The number of nitrogens with two attached hydrogens (primary N) is 1. The Hall–Kier alpha value is -1.20. The van der Waals surface area contributed by atoms with Crippen LogP contribution in [0.3, 0.4) is 0 Å². The van der Waals surface area contributed by atoms with Gasteiger partial charge < -0.3 is 5.73 Å². The normalized spacial score (nSPS) is 12.9. The van der Waals surface area contributed by atoms with Gasteiger partial charge >= 0.3 is 0 Å². The third-order valence-electron chi connectivity index (χ3n) is 3.09. The molecule has 0 radical (unpaired) electrons. The zero-order valence-corrected chi connectivity index (χ0v) is 12.2. The Morgan fingerprint density at radius 2 is 2.17 bits per heavy atom. The first kappa shape index (κ1) is 13.2. The molecule has 0 fully saturated rings. The molecule has 98 valence electrons. The first-order valence-corrected chi connectivity index (χ1v) is 7.04. The maximum absolute atomic E-state index is 6.29. The largest absolute Gasteiger partial charge is 0.323 e. The predicted molar refractivity (Wildman–Crippen MR) is 74.8 cm³/mol. The van der Waals surface area contributed by atoms with Gasteiger partial charge in [0.1, 0.15) is 0 Å². The van der Waals surface area contributed by atoms with E-state index in [0.717, 1.165) is 29.2 Å². The number of hydrogen-bond acceptors (Lipinski definition) is 4. The molecule has 0 saturated carbocycles. The molecule has 2 heterocycles. The van der Waals surface area contributed by atoms with Gasteiger partial charge in [-0.1, -0.05) is 6.92 Å². The second-order valence-electron chi connectivity index (χ2n) is 4.60. The van der Waals surface area contributed by atoms with Crippen LogP contribution in [-0.2, 0) is 19.9 Å². The van der Waals surface area contributed by atoms with Gasteiger partial charge in [-0.15, -0.1) is 11.3 Å². The number of nitrogens with zero attached hydrogens (tertiary/aromatic N) is 3. The molecule has 0 bridgehead atoms. The summed E-state index contributed by atoms with van der Waals surface area (Å²) in [5.41, 5.74) is 9.66. The standard InChI is InChI=1S/C13H20N4S/c1-5-10-6-11(17(4)16-10)7-12(14)13-8(2)15-9(3)18-13/h6,12H,5,7,14H2,1-4H3. The van der Waals surface area contributed by atoms with Gasteiger partial charge in [-0.2, -0.15) is 5.10 Å². The number of aromatic nitrogens is 3. The molecule has 0 aliphatic carbocycles. The van der Waals surface area contributed by atoms with Crippen molar-refractivity contribution in [1.29, 1.82) is 0 Å². The highest BCUT2D eigenvalue weighted by atomic mass is 32.1. The van der Waals surface area contributed by atoms with E-state index in [4.69, 9.17) is 5.73 Å². The van der Waals surface area contributed by atoms with Gasteiger partial charge in [-0.25, -0.2) is 4.98 Å². The number of aryl methyl sites for hydroxylation is 4. The molecular weight excluding hydrogens is 244 g/mol. The molecule has 2 N–H and O–H groups in total. The van der Waals surface area contributed by atoms with Crippen LogP contribution in [0.15, 0.2) is 6.07 Å². The lowest BCUT2D eigenvalue weighted by molar-refractivity contribution is 0.641. The fourth-order valence-electron chi connectivity index (χ4n) is 2.14. The van der Waals surface area contributed by atoms with Crippen molar-refractivity contribution in [2.75, 3.05) is 0 Å². The lowest BCUT2D eigenvalue weighted by Gasteiger charge is -2.10. The van der Waals surface area contributed by atoms with Crippen LogP contribution in [0.5, 0.6) is 0 Å². The highest BCUT2D eigenvalue weighted by Crippen LogP contribution is 2.25. The molecule has 2 aromatic heterocycles. The molecule has 4 nitrogen and oxygen atoms in total. The molecular formula is C13H20N4S. The maximum atomic E-state index is 6.29. The Kier molecular flexibility index (Phi) is 3.82. The van der Waals surface area contributed by atoms with Gasteiger partial charge in [0.15, 0.2) is 0 Å². The van der Waals surface area contributed by atoms with Gasteiger partial charge in [0, 0.05) is 30.1 Å². The fraction of sp³-hybridized carbons (Fsp3) is 0.538. The van der Waals surface area contributed by atoms with Crippen molar-refractivity contribution in [3.8, 4) is 0 Å². The Balaban J connectivity index is 2.18. The van der Waals surface area contributed by atoms with Crippen molar-refractivity contribution in [3.63, 3.8) is 0 Å². The lowest BCUT2D eigenvalue weighted by atomic mass is 10.1. The quantitative estimate of drug-likeness (QED) is 0.922. The van der Waals surface area contributed by atoms with Crippen molar-refractivity contribution in [2.24, 2.45) is 12.8 Å². The minimum atomic E-state index is 0.0105. The third-order valence-corrected chi connectivity index (χ3v) is 4.30. The molecule has 1 atom stereocenters. The van der Waals surface area contributed by atoms with E-state index in [-0.39, 0.29) is 6.04 Å². The van der Waals surface area contributed by atoms with Crippen molar-refractivity contribution in [2.45, 2.75) is 39.7 Å². The highest BCUT2D eigenvalue weighted by molar-refractivity contribution is 7.11. The second kappa shape index (κ2) is 5.20. The van der Waals surface area contributed by atoms with E-state index in [2.05, 4.69) is 23.1 Å². The molecule has 1 unspecified atom stereocenters. The lowest BCUT2D eigenvalue weighted by Crippen LogP contribution is -2.15. The fourth-order valence-corrected chi connectivity index (χ4v) is 3.07. The summed E-state index contributed by atoms with van der Waals surface area (Å²) < 4.78 is 1.93. The second-order valence-corrected chi connectivity index (χ2v) is 5.83. The van der Waals surface area contributed by atoms with Crippen molar-refractivity contribution < 1.29 is 0 Å². The Morgan fingerprint density at radius 3 is 2.67 bits per heavy atom. The van der Waals surface area contributed by atoms with Crippen LogP contribution in [0.2, 0.25) is 0 Å². The summed E-state index contributed by atoms with van der Waals surface area (Å²) in [6.07, 6.45) is 1.77. The van der Waals surface area contributed by atoms with E-state index in [1.165, 1.54) is 10.6 Å². The molecule has 0 spiro atoms. The molecule has 0 aliphatic rings. The summed E-state index contributed by atoms with van der Waals surface area (Å²) in [4.78, 5) is 5.62. The molecule has 0 saturated heterocycles. The summed E-state index contributed by atoms with van der Waals surface area (Å²) >= 11 is 1.69. The third kappa shape index (κ3) is 2.62. The summed E-state index contributed by atoms with van der Waals surface area (Å²) in [6.45, 7) is 6.16. The average molecular weight is 264 g/mol. The SMILES string of the molecule is CCc1cc(CC(N)c2sc(C)nc2C)n(C)n1. The summed E-state index contributed by atoms with van der Waals surface area (Å²) in [5, 5.41) is 5.53. The van der Waals surface area contributed by atoms with Crippen LogP contribution in [0.1, 0.15) is 39.9 Å². The zero-order chi connectivity index (χ0) is 13.3. The summed E-state index contributed by atoms with van der Waals surface area (Å²) in [7, 11) is 1.98. The Labute approximate surface area is 112 Å². The zero-order valence-electron chi connectivity index (χ0n) is 11.4. The molecule has 2 rings (SSSR count). The van der Waals surface area contributed by atoms with E-state index >= 15 is 0 Å². The van der Waals surface area contributed by atoms with Crippen molar-refractivity contribution in [1.82, 2.24) is 14.8 Å². The maximum Gasteiger partial charge on any atom is 0.0900 e. The summed E-state index contributed by atoms with van der Waals surface area (Å²) in [6, 6.07) is 2.15. The average Bonchev–Trinajstić information content (AvgIpc) is 2.82. The van der Waals surface area contributed by atoms with Gasteiger partial charge in [0.05, 0.1) is 16.4 Å². The van der Waals surface area contributed by atoms with Crippen molar-refractivity contribution >= 4 is 11.3 Å². The Morgan fingerprint density at radius 1 is 1.44 bits per heavy atom. The van der Waals surface area contributed by atoms with E-state index in [1.54, 1.807) is 11.3 Å². The van der Waals surface area contributed by atoms with Crippen LogP contribution in [-0.4, -0.2) is 14.8 Å². The minimum absolute atomic E-state index is 0.0105. The topological polar surface area (TPSA) is 56.7 Å². The van der Waals surface area contributed by atoms with Crippen LogP contribution in [0, 0.1) is 13.8 Å². The van der Waals surface area contributed by atoms with E-state index in [0.29, 0.717) is 0 Å². The molecule has 2 aromatic rings. The van der Waals surface area contributed by atoms with E-state index < -0.39 is 0 Å². The van der Waals surface area contributed by atoms with Crippen molar-refractivity contribution in [3.05, 3.63) is 33.0 Å². The van der Waals surface area contributed by atoms with Gasteiger partial charge in [0.2, 0.25) is 0 Å². The Bertz CT molecular complexity index is 541. The van der Waals surface area contributed by atoms with Crippen LogP contribution in [0.4, 0.5) is 0 Å². The first-order valence-electron chi connectivity index (χ1n) is 6.22. The first-order chi connectivity index (χ1) is 8.51. The highest BCUT2D eigenvalue weighted by Gasteiger charge is 2.16. The molecule has 0 aliphatic heterocycles. The number of thiazole rings is 1.